The highest BCUT2D eigenvalue weighted by Crippen LogP contribution is 2.16. The second kappa shape index (κ2) is 70.8. The molecule has 0 bridgehead atoms. The molecule has 0 spiro atoms. The number of nitrogens with one attached hydrogen (secondary N) is 1. The van der Waals surface area contributed by atoms with Gasteiger partial charge < -0.3 is 11.1 Å². The van der Waals surface area contributed by atoms with Crippen LogP contribution in [0.3, 0.4) is 0 Å². The fraction of sp³-hybridized carbons (Fsp3) is 0.719. The summed E-state index contributed by atoms with van der Waals surface area (Å²) in [4.78, 5) is 0. The summed E-state index contributed by atoms with van der Waals surface area (Å²) in [5.74, 6) is 7.45. The number of unbranched alkanes of at least 4 members (excludes halogenated alkanes) is 12. The van der Waals surface area contributed by atoms with Gasteiger partial charge in [0.15, 0.2) is 0 Å². The molecule has 2 nitrogen and oxygen atoms in total. The van der Waals surface area contributed by atoms with E-state index in [4.69, 9.17) is 11.1 Å². The van der Waals surface area contributed by atoms with Crippen LogP contribution in [0.5, 0.6) is 0 Å². The predicted octanol–water partition coefficient (Wildman–Crippen LogP) is 29.4. The van der Waals surface area contributed by atoms with E-state index < -0.39 is 0 Å². The highest BCUT2D eigenvalue weighted by molar-refractivity contribution is 5.78. The average Bonchev–Trinajstić information content (AvgIpc) is 3.42. The molecule has 2 heteroatoms. The summed E-state index contributed by atoms with van der Waals surface area (Å²) in [6, 6.07) is 36.9. The van der Waals surface area contributed by atoms with Crippen LogP contribution in [0.2, 0.25) is 0 Å². The quantitative estimate of drug-likeness (QED) is 0.0350. The topological polar surface area (TPSA) is 49.9 Å². The first-order valence-electron chi connectivity index (χ1n) is 38.7. The van der Waals surface area contributed by atoms with Gasteiger partial charge in [0.25, 0.3) is 0 Å². The van der Waals surface area contributed by atoms with Crippen molar-refractivity contribution >= 4 is 5.71 Å². The van der Waals surface area contributed by atoms with Gasteiger partial charge in [0, 0.05) is 12.3 Å². The standard InChI is InChI=1S/2C12H18.C11H17N.C10H21N.C10H14.C10H22.C9H20.C8H18.C7H16/c1-4-11-5-7-12(8-6-11)9-10(2)3;1-4-11-6-5-7-12(9-11)8-10(2)3;1-9(2)7-10-5-3-4-6-11(10)8-12;1-9(2)7-5-4-6-8-10(3)11;1-9(2)8-10-6-4-3-5-7-10;1-4-5-6-7-8-9-10(2)3;1-4-5-6-7-8-9(2)3;1-4-5-6-7-8(2)3;1-4-5-6-7(2)3/h5-8,10H,4,9H2,1-3H3;5-7,9-10H,4,8H2,1-3H3;3-6,9H,7-8,12H2,1-2H3;9,11H,4-8H2,1-3H3;3-7,9H,8H2,1-2H3;10H,4-9H2,1-3H3;9H,4-8H2,1-3H3;8H,4-7H2,1-3H3;7H,4-6H2,1-3H3. The van der Waals surface area contributed by atoms with Crippen LogP contribution in [-0.4, -0.2) is 5.71 Å². The summed E-state index contributed by atoms with van der Waals surface area (Å²) >= 11 is 0. The third-order valence-corrected chi connectivity index (χ3v) is 15.4. The minimum atomic E-state index is 0.656. The second-order valence-electron chi connectivity index (χ2n) is 30.2. The van der Waals surface area contributed by atoms with Crippen molar-refractivity contribution in [2.24, 2.45) is 59.0 Å². The van der Waals surface area contributed by atoms with E-state index >= 15 is 0 Å². The molecule has 3 N–H and O–H groups in total. The molecule has 0 aliphatic heterocycles. The zero-order chi connectivity index (χ0) is 70.0. The van der Waals surface area contributed by atoms with E-state index in [-0.39, 0.29) is 0 Å². The lowest BCUT2D eigenvalue weighted by Gasteiger charge is -2.09. The molecule has 0 aromatic heterocycles. The lowest BCUT2D eigenvalue weighted by atomic mass is 9.98. The van der Waals surface area contributed by atoms with Crippen molar-refractivity contribution in [2.75, 3.05) is 0 Å². The molecule has 0 heterocycles. The molecule has 0 atom stereocenters. The van der Waals surface area contributed by atoms with Crippen LogP contribution in [-0.2, 0) is 45.1 Å². The molecule has 0 saturated heterocycles. The SMILES string of the molecule is CC(=N)CCCCCC(C)C.CC(C)Cc1ccccc1.CC(C)Cc1ccccc1CN.CCCCC(C)C.CCCCCC(C)C.CCCCCCC(C)C.CCCCCCCC(C)C.CCc1ccc(CC(C)C)cc1.CCc1cccc(CC(C)C)c1. The minimum absolute atomic E-state index is 0.656. The Balaban J connectivity index is -0.000000306. The zero-order valence-corrected chi connectivity index (χ0v) is 66.3. The normalized spacial score (nSPS) is 10.6. The lowest BCUT2D eigenvalue weighted by Crippen LogP contribution is -2.03. The fourth-order valence-corrected chi connectivity index (χ4v) is 9.98. The molecular formula is C89H164N2. The highest BCUT2D eigenvalue weighted by atomic mass is 14.5. The van der Waals surface area contributed by atoms with E-state index in [9.17, 15) is 0 Å². The largest absolute Gasteiger partial charge is 0.326 e. The molecule has 91 heavy (non-hydrogen) atoms. The van der Waals surface area contributed by atoms with Crippen molar-refractivity contribution < 1.29 is 0 Å². The van der Waals surface area contributed by atoms with Crippen LogP contribution in [0.25, 0.3) is 0 Å². The number of nitrogens with two attached hydrogens (primary N) is 1. The van der Waals surface area contributed by atoms with Crippen molar-refractivity contribution in [3.05, 3.63) is 142 Å². The van der Waals surface area contributed by atoms with E-state index in [1.165, 1.54) is 199 Å². The van der Waals surface area contributed by atoms with Gasteiger partial charge >= 0.3 is 0 Å². The summed E-state index contributed by atoms with van der Waals surface area (Å²) in [7, 11) is 0. The second-order valence-corrected chi connectivity index (χ2v) is 30.2. The van der Waals surface area contributed by atoms with Crippen LogP contribution in [0.1, 0.15) is 360 Å². The van der Waals surface area contributed by atoms with E-state index in [1.807, 2.05) is 13.0 Å². The van der Waals surface area contributed by atoms with Crippen LogP contribution < -0.4 is 5.73 Å². The van der Waals surface area contributed by atoms with E-state index in [1.54, 1.807) is 0 Å². The van der Waals surface area contributed by atoms with Gasteiger partial charge in [0.2, 0.25) is 0 Å². The first kappa shape index (κ1) is 96.2. The molecule has 4 rings (SSSR count). The number of hydrogen-bond acceptors (Lipinski definition) is 2. The molecule has 0 unspecified atom stereocenters. The molecule has 0 amide bonds. The third kappa shape index (κ3) is 80.7. The monoisotopic (exact) mass is 1260 g/mol. The van der Waals surface area contributed by atoms with Gasteiger partial charge in [0.05, 0.1) is 0 Å². The van der Waals surface area contributed by atoms with Crippen LogP contribution in [0.15, 0.2) is 103 Å². The van der Waals surface area contributed by atoms with Crippen molar-refractivity contribution in [1.29, 1.82) is 5.41 Å². The molecule has 4 aromatic carbocycles. The van der Waals surface area contributed by atoms with Crippen molar-refractivity contribution in [3.8, 4) is 0 Å². The fourth-order valence-electron chi connectivity index (χ4n) is 9.98. The maximum absolute atomic E-state index is 7.21. The Hall–Kier alpha value is -3.49. The van der Waals surface area contributed by atoms with Gasteiger partial charge in [0.1, 0.15) is 0 Å². The minimum Gasteiger partial charge on any atom is -0.326 e. The number of rotatable bonds is 35. The molecule has 0 fully saturated rings. The lowest BCUT2D eigenvalue weighted by molar-refractivity contribution is 0.518. The van der Waals surface area contributed by atoms with E-state index in [0.717, 1.165) is 78.7 Å². The van der Waals surface area contributed by atoms with Gasteiger partial charge in [-0.15, -0.1) is 0 Å². The van der Waals surface area contributed by atoms with Crippen molar-refractivity contribution in [2.45, 2.75) is 366 Å². The van der Waals surface area contributed by atoms with Gasteiger partial charge in [-0.1, -0.05) is 404 Å². The first-order chi connectivity index (χ1) is 43.2. The first-order valence-corrected chi connectivity index (χ1v) is 38.7. The summed E-state index contributed by atoms with van der Waals surface area (Å²) in [6.07, 6.45) is 38.6. The Morgan fingerprint density at radius 2 is 0.604 bits per heavy atom. The molecule has 0 radical (unpaired) electrons. The number of hydrogen-bond donors (Lipinski definition) is 2. The smallest absolute Gasteiger partial charge is 0.0180 e. The van der Waals surface area contributed by atoms with Gasteiger partial charge in [-0.25, -0.2) is 0 Å². The van der Waals surface area contributed by atoms with Crippen LogP contribution in [0, 0.1) is 58.7 Å². The third-order valence-electron chi connectivity index (χ3n) is 15.4. The number of aryl methyl sites for hydroxylation is 2. The molecule has 530 valence electrons. The van der Waals surface area contributed by atoms with Crippen LogP contribution >= 0.6 is 0 Å². The molecule has 0 aliphatic rings. The maximum atomic E-state index is 7.21. The van der Waals surface area contributed by atoms with Crippen molar-refractivity contribution in [1.82, 2.24) is 0 Å². The van der Waals surface area contributed by atoms with E-state index in [2.05, 4.69) is 263 Å². The van der Waals surface area contributed by atoms with Gasteiger partial charge in [-0.05, 0) is 150 Å². The molecule has 0 aliphatic carbocycles. The summed E-state index contributed by atoms with van der Waals surface area (Å²) < 4.78 is 0. The summed E-state index contributed by atoms with van der Waals surface area (Å²) in [5.41, 5.74) is 16.4. The van der Waals surface area contributed by atoms with E-state index in [0.29, 0.717) is 12.5 Å². The predicted molar refractivity (Wildman–Crippen MR) is 423 cm³/mol. The highest BCUT2D eigenvalue weighted by Gasteiger charge is 2.03. The summed E-state index contributed by atoms with van der Waals surface area (Å²) in [5, 5.41) is 7.21. The Kier molecular flexibility index (Phi) is 74.9. The average molecular weight is 1260 g/mol. The molecular weight excluding hydrogens is 1100 g/mol. The summed E-state index contributed by atoms with van der Waals surface area (Å²) in [6.45, 7) is 56.8. The Morgan fingerprint density at radius 1 is 0.297 bits per heavy atom. The zero-order valence-electron chi connectivity index (χ0n) is 66.3. The Morgan fingerprint density at radius 3 is 0.978 bits per heavy atom. The van der Waals surface area contributed by atoms with Gasteiger partial charge in [-0.3, -0.25) is 0 Å². The van der Waals surface area contributed by atoms with Crippen LogP contribution in [0.4, 0.5) is 0 Å². The van der Waals surface area contributed by atoms with Gasteiger partial charge in [-0.2, -0.15) is 0 Å². The van der Waals surface area contributed by atoms with Crippen molar-refractivity contribution in [3.63, 3.8) is 0 Å². The maximum Gasteiger partial charge on any atom is 0.0180 e. The molecule has 4 aromatic rings. The Labute approximate surface area is 574 Å². The Bertz CT molecular complexity index is 2010. The number of benzene rings is 4. The molecule has 0 saturated carbocycles.